The van der Waals surface area contributed by atoms with Crippen LogP contribution in [0.1, 0.15) is 58.8 Å². The van der Waals surface area contributed by atoms with E-state index in [4.69, 9.17) is 0 Å². The number of carbonyl (C=O) groups excluding carboxylic acids is 2. The summed E-state index contributed by atoms with van der Waals surface area (Å²) in [6.07, 6.45) is 6.22. The minimum Gasteiger partial charge on any atom is -0.393 e. The number of hydrogen-bond donors (Lipinski definition) is 2. The molecule has 2 amide bonds. The quantitative estimate of drug-likeness (QED) is 0.812. The van der Waals surface area contributed by atoms with Gasteiger partial charge in [-0.3, -0.25) is 9.59 Å². The number of nitrogens with one attached hydrogen (secondary N) is 1. The molecule has 0 aromatic rings. The first-order valence-electron chi connectivity index (χ1n) is 9.25. The highest BCUT2D eigenvalue weighted by Crippen LogP contribution is 2.24. The average molecular weight is 324 g/mol. The molecular formula is C18H32N2O3. The van der Waals surface area contributed by atoms with Crippen molar-refractivity contribution in [3.63, 3.8) is 0 Å². The smallest absolute Gasteiger partial charge is 0.225 e. The fourth-order valence-corrected chi connectivity index (χ4v) is 3.71. The molecule has 0 spiro atoms. The van der Waals surface area contributed by atoms with Crippen molar-refractivity contribution in [2.24, 2.45) is 17.8 Å². The molecule has 5 heteroatoms. The highest BCUT2D eigenvalue weighted by atomic mass is 16.3. The van der Waals surface area contributed by atoms with Gasteiger partial charge in [0.1, 0.15) is 0 Å². The summed E-state index contributed by atoms with van der Waals surface area (Å²) in [5, 5.41) is 12.8. The first kappa shape index (κ1) is 18.2. The molecule has 0 aromatic heterocycles. The first-order valence-corrected chi connectivity index (χ1v) is 9.25. The van der Waals surface area contributed by atoms with E-state index in [9.17, 15) is 14.7 Å². The van der Waals surface area contributed by atoms with Crippen LogP contribution in [0.4, 0.5) is 0 Å². The summed E-state index contributed by atoms with van der Waals surface area (Å²) >= 11 is 0. The van der Waals surface area contributed by atoms with Crippen LogP contribution < -0.4 is 5.32 Å². The predicted molar refractivity (Wildman–Crippen MR) is 89.7 cm³/mol. The normalized spacial score (nSPS) is 29.9. The van der Waals surface area contributed by atoms with Crippen LogP contribution in [-0.4, -0.2) is 47.6 Å². The maximum absolute atomic E-state index is 12.4. The van der Waals surface area contributed by atoms with E-state index < -0.39 is 0 Å². The van der Waals surface area contributed by atoms with E-state index in [-0.39, 0.29) is 29.8 Å². The Morgan fingerprint density at radius 3 is 2.74 bits per heavy atom. The van der Waals surface area contributed by atoms with Gasteiger partial charge in [-0.15, -0.1) is 0 Å². The minimum atomic E-state index is -0.205. The number of piperidine rings is 1. The fourth-order valence-electron chi connectivity index (χ4n) is 3.71. The molecule has 2 rings (SSSR count). The van der Waals surface area contributed by atoms with Gasteiger partial charge in [-0.25, -0.2) is 0 Å². The van der Waals surface area contributed by atoms with Gasteiger partial charge >= 0.3 is 0 Å². The van der Waals surface area contributed by atoms with E-state index in [0.29, 0.717) is 19.0 Å². The average Bonchev–Trinajstić information content (AvgIpc) is 2.58. The molecule has 1 heterocycles. The summed E-state index contributed by atoms with van der Waals surface area (Å²) in [6, 6.07) is 0. The van der Waals surface area contributed by atoms with Gasteiger partial charge in [0.05, 0.1) is 12.0 Å². The van der Waals surface area contributed by atoms with Crippen LogP contribution in [0.2, 0.25) is 0 Å². The number of aliphatic hydroxyl groups excluding tert-OH is 1. The van der Waals surface area contributed by atoms with E-state index in [0.717, 1.165) is 51.5 Å². The van der Waals surface area contributed by atoms with Crippen molar-refractivity contribution in [1.82, 2.24) is 10.2 Å². The molecule has 1 aliphatic carbocycles. The Balaban J connectivity index is 1.78. The van der Waals surface area contributed by atoms with Crippen LogP contribution in [-0.2, 0) is 9.59 Å². The topological polar surface area (TPSA) is 69.6 Å². The molecule has 2 aliphatic rings. The Morgan fingerprint density at radius 2 is 2.04 bits per heavy atom. The van der Waals surface area contributed by atoms with E-state index in [1.54, 1.807) is 0 Å². The molecule has 0 aromatic carbocycles. The molecule has 0 radical (unpaired) electrons. The van der Waals surface area contributed by atoms with Crippen LogP contribution in [0.5, 0.6) is 0 Å². The van der Waals surface area contributed by atoms with Crippen molar-refractivity contribution >= 4 is 11.8 Å². The van der Waals surface area contributed by atoms with Gasteiger partial charge in [0.25, 0.3) is 0 Å². The summed E-state index contributed by atoms with van der Waals surface area (Å²) < 4.78 is 0. The second kappa shape index (κ2) is 8.67. The molecule has 0 bridgehead atoms. The van der Waals surface area contributed by atoms with Gasteiger partial charge in [0, 0.05) is 25.6 Å². The SMILES string of the molecule is CCC(C)C(=O)N1CCCC(C(=O)NCC2CCCC(O)C2)C1. The molecule has 1 saturated carbocycles. The second-order valence-electron chi connectivity index (χ2n) is 7.36. The Bertz CT molecular complexity index is 413. The lowest BCUT2D eigenvalue weighted by atomic mass is 9.87. The van der Waals surface area contributed by atoms with Gasteiger partial charge in [-0.1, -0.05) is 20.3 Å². The van der Waals surface area contributed by atoms with Crippen LogP contribution in [0, 0.1) is 17.8 Å². The molecule has 1 aliphatic heterocycles. The molecular weight excluding hydrogens is 292 g/mol. The van der Waals surface area contributed by atoms with Crippen molar-refractivity contribution in [3.8, 4) is 0 Å². The molecule has 23 heavy (non-hydrogen) atoms. The summed E-state index contributed by atoms with van der Waals surface area (Å²) in [5.41, 5.74) is 0. The van der Waals surface area contributed by atoms with E-state index in [2.05, 4.69) is 5.32 Å². The van der Waals surface area contributed by atoms with Crippen LogP contribution in [0.3, 0.4) is 0 Å². The van der Waals surface area contributed by atoms with E-state index in [1.165, 1.54) is 0 Å². The number of aliphatic hydroxyl groups is 1. The molecule has 2 fully saturated rings. The zero-order valence-corrected chi connectivity index (χ0v) is 14.6. The van der Waals surface area contributed by atoms with Gasteiger partial charge in [0.2, 0.25) is 11.8 Å². The third-order valence-corrected chi connectivity index (χ3v) is 5.46. The third kappa shape index (κ3) is 5.20. The lowest BCUT2D eigenvalue weighted by Crippen LogP contribution is -2.47. The predicted octanol–water partition coefficient (Wildman–Crippen LogP) is 1.94. The molecule has 5 nitrogen and oxygen atoms in total. The van der Waals surface area contributed by atoms with Gasteiger partial charge in [0.15, 0.2) is 0 Å². The van der Waals surface area contributed by atoms with E-state index in [1.807, 2.05) is 18.7 Å². The van der Waals surface area contributed by atoms with Gasteiger partial charge in [-0.05, 0) is 44.4 Å². The van der Waals surface area contributed by atoms with Crippen molar-refractivity contribution < 1.29 is 14.7 Å². The van der Waals surface area contributed by atoms with Crippen LogP contribution >= 0.6 is 0 Å². The number of hydrogen-bond acceptors (Lipinski definition) is 3. The Labute approximate surface area is 139 Å². The zero-order chi connectivity index (χ0) is 16.8. The molecule has 1 saturated heterocycles. The molecule has 2 N–H and O–H groups in total. The maximum atomic E-state index is 12.4. The molecule has 132 valence electrons. The Morgan fingerprint density at radius 1 is 1.26 bits per heavy atom. The van der Waals surface area contributed by atoms with Gasteiger partial charge in [-0.2, -0.15) is 0 Å². The third-order valence-electron chi connectivity index (χ3n) is 5.46. The lowest BCUT2D eigenvalue weighted by Gasteiger charge is -2.34. The number of amides is 2. The van der Waals surface area contributed by atoms with Crippen molar-refractivity contribution in [3.05, 3.63) is 0 Å². The molecule has 4 atom stereocenters. The Hall–Kier alpha value is -1.10. The number of likely N-dealkylation sites (tertiary alicyclic amines) is 1. The van der Waals surface area contributed by atoms with Crippen LogP contribution in [0.25, 0.3) is 0 Å². The standard InChI is InChI=1S/C18H32N2O3/c1-3-13(2)18(23)20-9-5-7-15(12-20)17(22)19-11-14-6-4-8-16(21)10-14/h13-16,21H,3-12H2,1-2H3,(H,19,22). The first-order chi connectivity index (χ1) is 11.0. The fraction of sp³-hybridized carbons (Fsp3) is 0.889. The summed E-state index contributed by atoms with van der Waals surface area (Å²) in [5.74, 6) is 0.613. The molecule has 4 unspecified atom stereocenters. The monoisotopic (exact) mass is 324 g/mol. The van der Waals surface area contributed by atoms with Crippen molar-refractivity contribution in [2.75, 3.05) is 19.6 Å². The number of rotatable bonds is 5. The summed E-state index contributed by atoms with van der Waals surface area (Å²) in [7, 11) is 0. The highest BCUT2D eigenvalue weighted by Gasteiger charge is 2.30. The maximum Gasteiger partial charge on any atom is 0.225 e. The second-order valence-corrected chi connectivity index (χ2v) is 7.36. The lowest BCUT2D eigenvalue weighted by molar-refractivity contribution is -0.139. The summed E-state index contributed by atoms with van der Waals surface area (Å²) in [4.78, 5) is 26.6. The van der Waals surface area contributed by atoms with E-state index >= 15 is 0 Å². The summed E-state index contributed by atoms with van der Waals surface area (Å²) in [6.45, 7) is 5.98. The van der Waals surface area contributed by atoms with Gasteiger partial charge < -0.3 is 15.3 Å². The van der Waals surface area contributed by atoms with Crippen molar-refractivity contribution in [2.45, 2.75) is 64.9 Å². The minimum absolute atomic E-state index is 0.0422. The number of nitrogens with zero attached hydrogens (tertiary/aromatic N) is 1. The van der Waals surface area contributed by atoms with Crippen molar-refractivity contribution in [1.29, 1.82) is 0 Å². The Kier molecular flexibility index (Phi) is 6.88. The van der Waals surface area contributed by atoms with Crippen LogP contribution in [0.15, 0.2) is 0 Å². The largest absolute Gasteiger partial charge is 0.393 e. The number of carbonyl (C=O) groups is 2. The highest BCUT2D eigenvalue weighted by molar-refractivity contribution is 5.82. The zero-order valence-electron chi connectivity index (χ0n) is 14.6.